The van der Waals surface area contributed by atoms with Crippen molar-refractivity contribution in [3.05, 3.63) is 35.9 Å². The van der Waals surface area contributed by atoms with Crippen LogP contribution < -0.4 is 9.47 Å². The second kappa shape index (κ2) is 7.74. The quantitative estimate of drug-likeness (QED) is 0.726. The van der Waals surface area contributed by atoms with Crippen molar-refractivity contribution < 1.29 is 19.7 Å². The van der Waals surface area contributed by atoms with Crippen molar-refractivity contribution in [3.63, 3.8) is 0 Å². The zero-order valence-electron chi connectivity index (χ0n) is 10.8. The largest absolute Gasteiger partial charge is 0.491 e. The van der Waals surface area contributed by atoms with Gasteiger partial charge in [-0.2, -0.15) is 0 Å². The predicted octanol–water partition coefficient (Wildman–Crippen LogP) is 1.76. The van der Waals surface area contributed by atoms with Crippen molar-refractivity contribution in [1.82, 2.24) is 0 Å². The van der Waals surface area contributed by atoms with Crippen molar-refractivity contribution in [2.75, 3.05) is 19.8 Å². The van der Waals surface area contributed by atoms with E-state index in [-0.39, 0.29) is 13.2 Å². The molecule has 0 fully saturated rings. The van der Waals surface area contributed by atoms with Crippen LogP contribution in [-0.4, -0.2) is 36.1 Å². The average molecular weight is 252 g/mol. The normalized spacial score (nSPS) is 11.8. The molecule has 1 aromatic carbocycles. The Morgan fingerprint density at radius 1 is 1.17 bits per heavy atom. The van der Waals surface area contributed by atoms with Gasteiger partial charge in [0.15, 0.2) is 0 Å². The molecule has 2 N–H and O–H groups in total. The fraction of sp³-hybridized carbons (Fsp3) is 0.429. The third-order valence-corrected chi connectivity index (χ3v) is 2.22. The molecular formula is C14H20O4. The maximum absolute atomic E-state index is 9.14. The lowest BCUT2D eigenvalue weighted by atomic mass is 10.3. The predicted molar refractivity (Wildman–Crippen MR) is 70.0 cm³/mol. The average Bonchev–Trinajstić information content (AvgIpc) is 2.37. The first kappa shape index (κ1) is 14.5. The molecule has 0 amide bonds. The van der Waals surface area contributed by atoms with E-state index in [2.05, 4.69) is 0 Å². The summed E-state index contributed by atoms with van der Waals surface area (Å²) in [5, 5.41) is 17.8. The van der Waals surface area contributed by atoms with Gasteiger partial charge in [0.2, 0.25) is 0 Å². The van der Waals surface area contributed by atoms with Gasteiger partial charge in [-0.25, -0.2) is 0 Å². The zero-order chi connectivity index (χ0) is 13.4. The van der Waals surface area contributed by atoms with E-state index in [1.807, 2.05) is 19.9 Å². The number of aliphatic hydroxyl groups excluding tert-OH is 2. The number of rotatable bonds is 7. The highest BCUT2D eigenvalue weighted by Gasteiger charge is 2.02. The monoisotopic (exact) mass is 252 g/mol. The van der Waals surface area contributed by atoms with Crippen LogP contribution in [-0.2, 0) is 0 Å². The zero-order valence-corrected chi connectivity index (χ0v) is 10.8. The standard InChI is InChI=1S/C14H20O4/c1-11(2)7-8-17-13-3-5-14(6-4-13)18-10-12(16)9-15/h3-7,12,15-16H,8-10H2,1-2H3. The Balaban J connectivity index is 2.40. The van der Waals surface area contributed by atoms with Gasteiger partial charge in [0, 0.05) is 0 Å². The molecule has 0 heterocycles. The number of aliphatic hydroxyl groups is 2. The molecule has 0 saturated heterocycles. The van der Waals surface area contributed by atoms with Gasteiger partial charge in [-0.05, 0) is 44.2 Å². The van der Waals surface area contributed by atoms with Crippen molar-refractivity contribution in [1.29, 1.82) is 0 Å². The van der Waals surface area contributed by atoms with Gasteiger partial charge in [0.1, 0.15) is 30.8 Å². The minimum absolute atomic E-state index is 0.0778. The summed E-state index contributed by atoms with van der Waals surface area (Å²) >= 11 is 0. The molecule has 0 saturated carbocycles. The molecule has 0 radical (unpaired) electrons. The van der Waals surface area contributed by atoms with Crippen molar-refractivity contribution in [2.45, 2.75) is 20.0 Å². The molecule has 1 unspecified atom stereocenters. The number of allylic oxidation sites excluding steroid dienone is 1. The second-order valence-corrected chi connectivity index (χ2v) is 4.21. The highest BCUT2D eigenvalue weighted by Crippen LogP contribution is 2.17. The molecule has 0 aliphatic carbocycles. The van der Waals surface area contributed by atoms with Crippen LogP contribution in [0.1, 0.15) is 13.8 Å². The van der Waals surface area contributed by atoms with Crippen LogP contribution in [0.3, 0.4) is 0 Å². The summed E-state index contributed by atoms with van der Waals surface area (Å²) in [5.41, 5.74) is 1.22. The fourth-order valence-corrected chi connectivity index (χ4v) is 1.18. The van der Waals surface area contributed by atoms with E-state index in [9.17, 15) is 0 Å². The highest BCUT2D eigenvalue weighted by atomic mass is 16.5. The molecule has 1 aromatic rings. The Morgan fingerprint density at radius 3 is 2.22 bits per heavy atom. The van der Waals surface area contributed by atoms with Crippen LogP contribution in [0.15, 0.2) is 35.9 Å². The Hall–Kier alpha value is -1.52. The Bertz CT molecular complexity index is 366. The van der Waals surface area contributed by atoms with E-state index in [1.54, 1.807) is 24.3 Å². The van der Waals surface area contributed by atoms with Gasteiger partial charge in [0.25, 0.3) is 0 Å². The molecule has 1 rings (SSSR count). The first-order valence-corrected chi connectivity index (χ1v) is 5.89. The first-order valence-electron chi connectivity index (χ1n) is 5.89. The molecule has 18 heavy (non-hydrogen) atoms. The third kappa shape index (κ3) is 5.70. The molecule has 4 heteroatoms. The van der Waals surface area contributed by atoms with Gasteiger partial charge >= 0.3 is 0 Å². The van der Waals surface area contributed by atoms with Crippen LogP contribution in [0, 0.1) is 0 Å². The molecule has 0 bridgehead atoms. The molecule has 1 atom stereocenters. The number of hydrogen-bond donors (Lipinski definition) is 2. The number of hydrogen-bond acceptors (Lipinski definition) is 4. The molecule has 0 aliphatic heterocycles. The van der Waals surface area contributed by atoms with Crippen LogP contribution in [0.5, 0.6) is 11.5 Å². The van der Waals surface area contributed by atoms with E-state index in [0.29, 0.717) is 12.4 Å². The van der Waals surface area contributed by atoms with Crippen LogP contribution >= 0.6 is 0 Å². The Kier molecular flexibility index (Phi) is 6.25. The third-order valence-electron chi connectivity index (χ3n) is 2.22. The summed E-state index contributed by atoms with van der Waals surface area (Å²) in [4.78, 5) is 0. The van der Waals surface area contributed by atoms with Gasteiger partial charge in [-0.15, -0.1) is 0 Å². The summed E-state index contributed by atoms with van der Waals surface area (Å²) in [6, 6.07) is 7.14. The van der Waals surface area contributed by atoms with E-state index in [4.69, 9.17) is 19.7 Å². The lowest BCUT2D eigenvalue weighted by Gasteiger charge is -2.10. The van der Waals surface area contributed by atoms with E-state index < -0.39 is 6.10 Å². The number of benzene rings is 1. The van der Waals surface area contributed by atoms with Gasteiger partial charge in [-0.3, -0.25) is 0 Å². The minimum atomic E-state index is -0.849. The summed E-state index contributed by atoms with van der Waals surface area (Å²) in [5.74, 6) is 1.40. The van der Waals surface area contributed by atoms with Gasteiger partial charge in [-0.1, -0.05) is 5.57 Å². The van der Waals surface area contributed by atoms with Crippen molar-refractivity contribution in [3.8, 4) is 11.5 Å². The fourth-order valence-electron chi connectivity index (χ4n) is 1.18. The Morgan fingerprint density at radius 2 is 1.72 bits per heavy atom. The van der Waals surface area contributed by atoms with E-state index in [0.717, 1.165) is 5.75 Å². The SMILES string of the molecule is CC(C)=CCOc1ccc(OCC(O)CO)cc1. The number of ether oxygens (including phenoxy) is 2. The molecule has 4 nitrogen and oxygen atoms in total. The summed E-state index contributed by atoms with van der Waals surface area (Å²) < 4.78 is 10.8. The first-order chi connectivity index (χ1) is 8.61. The van der Waals surface area contributed by atoms with Gasteiger partial charge < -0.3 is 19.7 Å². The molecule has 0 spiro atoms. The van der Waals surface area contributed by atoms with Crippen LogP contribution in [0.25, 0.3) is 0 Å². The smallest absolute Gasteiger partial charge is 0.120 e. The molecule has 0 aromatic heterocycles. The Labute approximate surface area is 107 Å². The minimum Gasteiger partial charge on any atom is -0.491 e. The second-order valence-electron chi connectivity index (χ2n) is 4.21. The lowest BCUT2D eigenvalue weighted by Crippen LogP contribution is -2.21. The molecule has 100 valence electrons. The van der Waals surface area contributed by atoms with Crippen molar-refractivity contribution >= 4 is 0 Å². The highest BCUT2D eigenvalue weighted by molar-refractivity contribution is 5.31. The molecular weight excluding hydrogens is 232 g/mol. The topological polar surface area (TPSA) is 58.9 Å². The van der Waals surface area contributed by atoms with Crippen LogP contribution in [0.4, 0.5) is 0 Å². The summed E-state index contributed by atoms with van der Waals surface area (Å²) in [7, 11) is 0. The maximum Gasteiger partial charge on any atom is 0.120 e. The molecule has 0 aliphatic rings. The van der Waals surface area contributed by atoms with E-state index >= 15 is 0 Å². The summed E-state index contributed by atoms with van der Waals surface area (Å²) in [6.45, 7) is 4.36. The maximum atomic E-state index is 9.14. The lowest BCUT2D eigenvalue weighted by molar-refractivity contribution is 0.0536. The van der Waals surface area contributed by atoms with E-state index in [1.165, 1.54) is 5.57 Å². The van der Waals surface area contributed by atoms with Crippen LogP contribution in [0.2, 0.25) is 0 Å². The van der Waals surface area contributed by atoms with Crippen molar-refractivity contribution in [2.24, 2.45) is 0 Å². The summed E-state index contributed by atoms with van der Waals surface area (Å²) in [6.07, 6.45) is 1.15. The van der Waals surface area contributed by atoms with Gasteiger partial charge in [0.05, 0.1) is 6.61 Å².